The molecule has 2 aliphatic rings. The molecule has 1 aromatic carbocycles. The number of aromatic nitrogens is 3. The SMILES string of the molecule is FC(F)(F)Oc1ccc2c(c1)C(c1ccnc(N3CCC(n4cccn4)CC3)c1)=N2. The Hall–Kier alpha value is -3.36. The zero-order valence-corrected chi connectivity index (χ0v) is 15.9. The Morgan fingerprint density at radius 3 is 2.60 bits per heavy atom. The number of fused-ring (bicyclic) bond motifs is 1. The zero-order valence-electron chi connectivity index (χ0n) is 15.9. The molecule has 5 rings (SSSR count). The number of nitrogens with zero attached hydrogens (tertiary/aromatic N) is 5. The Morgan fingerprint density at radius 2 is 1.87 bits per heavy atom. The average Bonchev–Trinajstić information content (AvgIpc) is 3.24. The molecular formula is C21H18F3N5O. The van der Waals surface area contributed by atoms with Crippen LogP contribution in [0.25, 0.3) is 0 Å². The first kappa shape index (κ1) is 18.7. The Kier molecular flexibility index (Phi) is 4.45. The number of ether oxygens (including phenoxy) is 1. The first-order valence-electron chi connectivity index (χ1n) is 9.66. The van der Waals surface area contributed by atoms with Crippen molar-refractivity contribution in [2.24, 2.45) is 4.99 Å². The molecule has 0 amide bonds. The summed E-state index contributed by atoms with van der Waals surface area (Å²) in [6, 6.07) is 10.2. The Labute approximate surface area is 170 Å². The average molecular weight is 413 g/mol. The van der Waals surface area contributed by atoms with Gasteiger partial charge in [0.2, 0.25) is 0 Å². The number of benzene rings is 1. The maximum absolute atomic E-state index is 12.5. The minimum Gasteiger partial charge on any atom is -0.406 e. The van der Waals surface area contributed by atoms with Crippen LogP contribution in [-0.2, 0) is 0 Å². The number of alkyl halides is 3. The second-order valence-corrected chi connectivity index (χ2v) is 7.29. The highest BCUT2D eigenvalue weighted by atomic mass is 19.4. The van der Waals surface area contributed by atoms with Gasteiger partial charge in [-0.05, 0) is 49.2 Å². The summed E-state index contributed by atoms with van der Waals surface area (Å²) in [5, 5.41) is 4.33. The van der Waals surface area contributed by atoms with Gasteiger partial charge in [-0.2, -0.15) is 5.10 Å². The summed E-state index contributed by atoms with van der Waals surface area (Å²) in [5.41, 5.74) is 2.77. The van der Waals surface area contributed by atoms with Gasteiger partial charge in [-0.25, -0.2) is 9.98 Å². The Morgan fingerprint density at radius 1 is 1.03 bits per heavy atom. The van der Waals surface area contributed by atoms with Crippen LogP contribution in [0.2, 0.25) is 0 Å². The number of pyridine rings is 1. The van der Waals surface area contributed by atoms with Gasteiger partial charge < -0.3 is 9.64 Å². The van der Waals surface area contributed by atoms with Gasteiger partial charge in [-0.15, -0.1) is 13.2 Å². The standard InChI is InChI=1S/C21H18F3N5O/c22-21(23,24)30-16-2-3-18-17(13-16)20(27-18)14-4-8-25-19(12-14)28-10-5-15(6-11-28)29-9-1-7-26-29/h1-4,7-9,12-13,15H,5-6,10-11H2. The van der Waals surface area contributed by atoms with E-state index in [9.17, 15) is 13.2 Å². The lowest BCUT2D eigenvalue weighted by molar-refractivity contribution is -0.274. The molecular weight excluding hydrogens is 395 g/mol. The van der Waals surface area contributed by atoms with E-state index in [1.54, 1.807) is 12.4 Å². The van der Waals surface area contributed by atoms with Crippen molar-refractivity contribution < 1.29 is 17.9 Å². The van der Waals surface area contributed by atoms with Crippen molar-refractivity contribution in [3.63, 3.8) is 0 Å². The predicted molar refractivity (Wildman–Crippen MR) is 105 cm³/mol. The molecule has 3 aromatic rings. The molecule has 154 valence electrons. The number of rotatable bonds is 4. The molecule has 0 saturated carbocycles. The number of piperidine rings is 1. The van der Waals surface area contributed by atoms with Gasteiger partial charge in [0, 0.05) is 42.8 Å². The van der Waals surface area contributed by atoms with Crippen molar-refractivity contribution in [3.8, 4) is 5.75 Å². The highest BCUT2D eigenvalue weighted by molar-refractivity contribution is 6.22. The molecule has 0 bridgehead atoms. The fourth-order valence-electron chi connectivity index (χ4n) is 3.94. The minimum atomic E-state index is -4.72. The molecule has 4 heterocycles. The third-order valence-electron chi connectivity index (χ3n) is 5.40. The van der Waals surface area contributed by atoms with E-state index in [1.165, 1.54) is 18.2 Å². The van der Waals surface area contributed by atoms with Crippen molar-refractivity contribution in [2.75, 3.05) is 18.0 Å². The number of anilines is 1. The zero-order chi connectivity index (χ0) is 20.7. The summed E-state index contributed by atoms with van der Waals surface area (Å²) in [4.78, 5) is 11.2. The van der Waals surface area contributed by atoms with Gasteiger partial charge in [0.25, 0.3) is 0 Å². The second-order valence-electron chi connectivity index (χ2n) is 7.29. The highest BCUT2D eigenvalue weighted by Crippen LogP contribution is 2.37. The van der Waals surface area contributed by atoms with Crippen LogP contribution < -0.4 is 9.64 Å². The molecule has 0 radical (unpaired) electrons. The molecule has 9 heteroatoms. The lowest BCUT2D eigenvalue weighted by atomic mass is 9.95. The summed E-state index contributed by atoms with van der Waals surface area (Å²) in [5.74, 6) is 0.592. The third-order valence-corrected chi connectivity index (χ3v) is 5.40. The smallest absolute Gasteiger partial charge is 0.406 e. The number of aliphatic imine (C=N–C) groups is 1. The predicted octanol–water partition coefficient (Wildman–Crippen LogP) is 4.50. The van der Waals surface area contributed by atoms with Crippen molar-refractivity contribution >= 4 is 17.2 Å². The van der Waals surface area contributed by atoms with Crippen molar-refractivity contribution in [3.05, 3.63) is 66.1 Å². The molecule has 1 fully saturated rings. The Balaban J connectivity index is 1.31. The van der Waals surface area contributed by atoms with Gasteiger partial charge >= 0.3 is 6.36 Å². The van der Waals surface area contributed by atoms with E-state index < -0.39 is 6.36 Å². The van der Waals surface area contributed by atoms with E-state index in [0.29, 0.717) is 23.0 Å². The van der Waals surface area contributed by atoms with Crippen molar-refractivity contribution in [1.82, 2.24) is 14.8 Å². The molecule has 2 aliphatic heterocycles. The number of hydrogen-bond donors (Lipinski definition) is 0. The van der Waals surface area contributed by atoms with Gasteiger partial charge in [0.05, 0.1) is 17.4 Å². The van der Waals surface area contributed by atoms with Crippen LogP contribution in [0.5, 0.6) is 5.75 Å². The van der Waals surface area contributed by atoms with Crippen molar-refractivity contribution in [2.45, 2.75) is 25.2 Å². The van der Waals surface area contributed by atoms with E-state index >= 15 is 0 Å². The fourth-order valence-corrected chi connectivity index (χ4v) is 3.94. The summed E-state index contributed by atoms with van der Waals surface area (Å²) < 4.78 is 43.6. The fraction of sp³-hybridized carbons (Fsp3) is 0.286. The number of hydrogen-bond acceptors (Lipinski definition) is 5. The summed E-state index contributed by atoms with van der Waals surface area (Å²) in [7, 11) is 0. The summed E-state index contributed by atoms with van der Waals surface area (Å²) in [6.07, 6.45) is 2.70. The number of halogens is 3. The Bertz CT molecular complexity index is 1090. The van der Waals surface area contributed by atoms with Crippen LogP contribution >= 0.6 is 0 Å². The monoisotopic (exact) mass is 413 g/mol. The van der Waals surface area contributed by atoms with E-state index in [2.05, 4.69) is 24.7 Å². The molecule has 0 spiro atoms. The maximum atomic E-state index is 12.5. The van der Waals surface area contributed by atoms with Gasteiger partial charge in [0.15, 0.2) is 0 Å². The molecule has 6 nitrogen and oxygen atoms in total. The molecule has 0 atom stereocenters. The molecule has 0 unspecified atom stereocenters. The molecule has 1 saturated heterocycles. The van der Waals surface area contributed by atoms with Crippen molar-refractivity contribution in [1.29, 1.82) is 0 Å². The van der Waals surface area contributed by atoms with Gasteiger partial charge in [0.1, 0.15) is 11.6 Å². The molecule has 30 heavy (non-hydrogen) atoms. The third kappa shape index (κ3) is 3.62. The topological polar surface area (TPSA) is 55.5 Å². The van der Waals surface area contributed by atoms with Crippen LogP contribution in [-0.4, -0.2) is 39.9 Å². The van der Waals surface area contributed by atoms with E-state index in [0.717, 1.165) is 37.3 Å². The molecule has 0 N–H and O–H groups in total. The van der Waals surface area contributed by atoms with Crippen LogP contribution in [0.3, 0.4) is 0 Å². The molecule has 0 aliphatic carbocycles. The van der Waals surface area contributed by atoms with Gasteiger partial charge in [-0.1, -0.05) is 0 Å². The lowest BCUT2D eigenvalue weighted by Crippen LogP contribution is -2.35. The maximum Gasteiger partial charge on any atom is 0.573 e. The van der Waals surface area contributed by atoms with Crippen LogP contribution in [0.4, 0.5) is 24.7 Å². The van der Waals surface area contributed by atoms with E-state index in [4.69, 9.17) is 0 Å². The first-order valence-corrected chi connectivity index (χ1v) is 9.66. The van der Waals surface area contributed by atoms with E-state index in [-0.39, 0.29) is 5.75 Å². The second kappa shape index (κ2) is 7.16. The van der Waals surface area contributed by atoms with Crippen LogP contribution in [0.15, 0.2) is 60.0 Å². The van der Waals surface area contributed by atoms with Crippen LogP contribution in [0.1, 0.15) is 30.0 Å². The molecule has 2 aromatic heterocycles. The minimum absolute atomic E-state index is 0.247. The first-order chi connectivity index (χ1) is 14.5. The normalized spacial score (nSPS) is 16.6. The van der Waals surface area contributed by atoms with Gasteiger partial charge in [-0.3, -0.25) is 4.68 Å². The quantitative estimate of drug-likeness (QED) is 0.494. The highest BCUT2D eigenvalue weighted by Gasteiger charge is 2.32. The summed E-state index contributed by atoms with van der Waals surface area (Å²) in [6.45, 7) is 1.71. The summed E-state index contributed by atoms with van der Waals surface area (Å²) >= 11 is 0. The largest absolute Gasteiger partial charge is 0.573 e. The van der Waals surface area contributed by atoms with E-state index in [1.807, 2.05) is 29.1 Å². The lowest BCUT2D eigenvalue weighted by Gasteiger charge is -2.33. The van der Waals surface area contributed by atoms with Crippen LogP contribution in [0, 0.1) is 0 Å².